The van der Waals surface area contributed by atoms with E-state index in [9.17, 15) is 9.59 Å². The lowest BCUT2D eigenvalue weighted by Gasteiger charge is -2.11. The highest BCUT2D eigenvalue weighted by atomic mass is 16.5. The van der Waals surface area contributed by atoms with Crippen LogP contribution >= 0.6 is 0 Å². The van der Waals surface area contributed by atoms with Gasteiger partial charge in [-0.05, 0) is 42.8 Å². The van der Waals surface area contributed by atoms with Gasteiger partial charge in [-0.2, -0.15) is 0 Å². The van der Waals surface area contributed by atoms with Gasteiger partial charge in [0, 0.05) is 29.0 Å². The van der Waals surface area contributed by atoms with E-state index in [1.54, 1.807) is 18.2 Å². The highest BCUT2D eigenvalue weighted by molar-refractivity contribution is 5.94. The van der Waals surface area contributed by atoms with Gasteiger partial charge in [0.25, 0.3) is 0 Å². The van der Waals surface area contributed by atoms with Gasteiger partial charge >= 0.3 is 0 Å². The van der Waals surface area contributed by atoms with Gasteiger partial charge in [-0.3, -0.25) is 9.59 Å². The Morgan fingerprint density at radius 3 is 2.33 bits per heavy atom. The van der Waals surface area contributed by atoms with Crippen molar-refractivity contribution in [3.63, 3.8) is 0 Å². The predicted molar refractivity (Wildman–Crippen MR) is 109 cm³/mol. The van der Waals surface area contributed by atoms with Crippen LogP contribution in [-0.2, 0) is 9.59 Å². The summed E-state index contributed by atoms with van der Waals surface area (Å²) in [5, 5.41) is 8.73. The quantitative estimate of drug-likeness (QED) is 0.621. The zero-order valence-electron chi connectivity index (χ0n) is 16.0. The molecule has 6 nitrogen and oxygen atoms in total. The van der Waals surface area contributed by atoms with Crippen molar-refractivity contribution in [1.82, 2.24) is 0 Å². The van der Waals surface area contributed by atoms with Crippen LogP contribution in [0.5, 0.6) is 5.75 Å². The zero-order valence-corrected chi connectivity index (χ0v) is 16.0. The molecule has 2 amide bonds. The Morgan fingerprint density at radius 1 is 0.963 bits per heavy atom. The van der Waals surface area contributed by atoms with Crippen LogP contribution in [-0.4, -0.2) is 25.0 Å². The number of rotatable bonds is 9. The predicted octanol–water partition coefficient (Wildman–Crippen LogP) is 4.12. The van der Waals surface area contributed by atoms with Crippen molar-refractivity contribution in [2.24, 2.45) is 5.92 Å². The van der Waals surface area contributed by atoms with E-state index < -0.39 is 0 Å². The molecule has 0 bridgehead atoms. The van der Waals surface area contributed by atoms with Crippen LogP contribution in [0, 0.1) is 5.92 Å². The first kappa shape index (κ1) is 20.3. The number of ether oxygens (including phenoxy) is 1. The Labute approximate surface area is 160 Å². The van der Waals surface area contributed by atoms with E-state index in [4.69, 9.17) is 4.74 Å². The molecular weight excluding hydrogens is 342 g/mol. The molecule has 0 fully saturated rings. The lowest BCUT2D eigenvalue weighted by molar-refractivity contribution is -0.119. The molecule has 2 rings (SSSR count). The standard InChI is InChI=1S/C21H27N3O3/c1-4-12-27-19-7-5-6-18(13-19)23-20(25)14-22-16-8-10-17(11-9-16)24-21(26)15(2)3/h5-11,13,15,22H,4,12,14H2,1-3H3,(H,23,25)(H,24,26). The topological polar surface area (TPSA) is 79.5 Å². The fraction of sp³-hybridized carbons (Fsp3) is 0.333. The lowest BCUT2D eigenvalue weighted by Crippen LogP contribution is -2.21. The lowest BCUT2D eigenvalue weighted by atomic mass is 10.2. The normalized spacial score (nSPS) is 10.4. The van der Waals surface area contributed by atoms with Gasteiger partial charge in [-0.15, -0.1) is 0 Å². The molecule has 0 aliphatic rings. The molecule has 0 saturated heterocycles. The third-order valence-corrected chi connectivity index (χ3v) is 3.72. The summed E-state index contributed by atoms with van der Waals surface area (Å²) in [5.41, 5.74) is 2.22. The zero-order chi connectivity index (χ0) is 19.6. The first-order valence-electron chi connectivity index (χ1n) is 9.15. The number of benzene rings is 2. The Balaban J connectivity index is 1.82. The molecule has 0 aliphatic heterocycles. The van der Waals surface area contributed by atoms with Crippen molar-refractivity contribution in [3.05, 3.63) is 48.5 Å². The molecule has 27 heavy (non-hydrogen) atoms. The van der Waals surface area contributed by atoms with Crippen molar-refractivity contribution in [3.8, 4) is 5.75 Å². The third-order valence-electron chi connectivity index (χ3n) is 3.72. The molecule has 144 valence electrons. The number of amides is 2. The summed E-state index contributed by atoms with van der Waals surface area (Å²) >= 11 is 0. The van der Waals surface area contributed by atoms with Gasteiger partial charge < -0.3 is 20.7 Å². The molecule has 0 aliphatic carbocycles. The second-order valence-corrected chi connectivity index (χ2v) is 6.50. The van der Waals surface area contributed by atoms with E-state index >= 15 is 0 Å². The fourth-order valence-electron chi connectivity index (χ4n) is 2.23. The Morgan fingerprint density at radius 2 is 1.67 bits per heavy atom. The van der Waals surface area contributed by atoms with Gasteiger partial charge in [-0.1, -0.05) is 26.8 Å². The summed E-state index contributed by atoms with van der Waals surface area (Å²) in [4.78, 5) is 23.8. The van der Waals surface area contributed by atoms with Gasteiger partial charge in [0.15, 0.2) is 0 Å². The summed E-state index contributed by atoms with van der Waals surface area (Å²) in [6, 6.07) is 14.6. The van der Waals surface area contributed by atoms with E-state index in [0.29, 0.717) is 12.3 Å². The molecule has 0 spiro atoms. The molecule has 2 aromatic carbocycles. The first-order chi connectivity index (χ1) is 13.0. The van der Waals surface area contributed by atoms with Crippen LogP contribution in [0.1, 0.15) is 27.2 Å². The van der Waals surface area contributed by atoms with Crippen molar-refractivity contribution >= 4 is 28.9 Å². The van der Waals surface area contributed by atoms with Crippen molar-refractivity contribution in [2.75, 3.05) is 29.1 Å². The fourth-order valence-corrected chi connectivity index (χ4v) is 2.23. The van der Waals surface area contributed by atoms with Crippen LogP contribution in [0.15, 0.2) is 48.5 Å². The molecule has 0 aromatic heterocycles. The number of hydrogen-bond acceptors (Lipinski definition) is 4. The van der Waals surface area contributed by atoms with Crippen molar-refractivity contribution in [2.45, 2.75) is 27.2 Å². The Hall–Kier alpha value is -3.02. The molecule has 2 aromatic rings. The second kappa shape index (κ2) is 10.2. The molecular formula is C21H27N3O3. The van der Waals surface area contributed by atoms with E-state index in [-0.39, 0.29) is 24.3 Å². The maximum atomic E-state index is 12.1. The van der Waals surface area contributed by atoms with Gasteiger partial charge in [0.2, 0.25) is 11.8 Å². The molecule has 0 atom stereocenters. The number of carbonyl (C=O) groups is 2. The van der Waals surface area contributed by atoms with Crippen LogP contribution in [0.25, 0.3) is 0 Å². The number of carbonyl (C=O) groups excluding carboxylic acids is 2. The molecule has 0 saturated carbocycles. The summed E-state index contributed by atoms with van der Waals surface area (Å²) in [6.07, 6.45) is 0.931. The minimum absolute atomic E-state index is 0.0276. The molecule has 0 radical (unpaired) electrons. The summed E-state index contributed by atoms with van der Waals surface area (Å²) < 4.78 is 5.56. The number of anilines is 3. The van der Waals surface area contributed by atoms with E-state index in [0.717, 1.165) is 23.5 Å². The second-order valence-electron chi connectivity index (χ2n) is 6.50. The average Bonchev–Trinajstić information content (AvgIpc) is 2.66. The van der Waals surface area contributed by atoms with Crippen molar-refractivity contribution < 1.29 is 14.3 Å². The highest BCUT2D eigenvalue weighted by Crippen LogP contribution is 2.18. The van der Waals surface area contributed by atoms with Crippen molar-refractivity contribution in [1.29, 1.82) is 0 Å². The number of nitrogens with one attached hydrogen (secondary N) is 3. The molecule has 3 N–H and O–H groups in total. The molecule has 0 heterocycles. The maximum Gasteiger partial charge on any atom is 0.243 e. The van der Waals surface area contributed by atoms with Gasteiger partial charge in [-0.25, -0.2) is 0 Å². The molecule has 6 heteroatoms. The minimum Gasteiger partial charge on any atom is -0.494 e. The minimum atomic E-state index is -0.153. The number of hydrogen-bond donors (Lipinski definition) is 3. The van der Waals surface area contributed by atoms with Crippen LogP contribution in [0.2, 0.25) is 0 Å². The Kier molecular flexibility index (Phi) is 7.67. The van der Waals surface area contributed by atoms with Crippen LogP contribution < -0.4 is 20.7 Å². The van der Waals surface area contributed by atoms with Crippen LogP contribution in [0.3, 0.4) is 0 Å². The van der Waals surface area contributed by atoms with E-state index in [2.05, 4.69) is 16.0 Å². The largest absolute Gasteiger partial charge is 0.494 e. The first-order valence-corrected chi connectivity index (χ1v) is 9.15. The summed E-state index contributed by atoms with van der Waals surface area (Å²) in [7, 11) is 0. The van der Waals surface area contributed by atoms with Gasteiger partial charge in [0.05, 0.1) is 13.2 Å². The summed E-state index contributed by atoms with van der Waals surface area (Å²) in [6.45, 7) is 6.51. The SMILES string of the molecule is CCCOc1cccc(NC(=O)CNc2ccc(NC(=O)C(C)C)cc2)c1. The highest BCUT2D eigenvalue weighted by Gasteiger charge is 2.07. The van der Waals surface area contributed by atoms with E-state index in [1.807, 2.05) is 51.1 Å². The monoisotopic (exact) mass is 369 g/mol. The van der Waals surface area contributed by atoms with Crippen LogP contribution in [0.4, 0.5) is 17.1 Å². The average molecular weight is 369 g/mol. The maximum absolute atomic E-state index is 12.1. The Bertz CT molecular complexity index is 758. The summed E-state index contributed by atoms with van der Waals surface area (Å²) in [5.74, 6) is 0.485. The van der Waals surface area contributed by atoms with Gasteiger partial charge in [0.1, 0.15) is 5.75 Å². The third kappa shape index (κ3) is 7.01. The smallest absolute Gasteiger partial charge is 0.243 e. The molecule has 0 unspecified atom stereocenters. The van der Waals surface area contributed by atoms with E-state index in [1.165, 1.54) is 0 Å².